The van der Waals surface area contributed by atoms with Gasteiger partial charge in [0, 0.05) is 53.7 Å². The Morgan fingerprint density at radius 1 is 0.690 bits per heavy atom. The quantitative estimate of drug-likeness (QED) is 0.0805. The summed E-state index contributed by atoms with van der Waals surface area (Å²) < 4.78 is 36.9. The van der Waals surface area contributed by atoms with Crippen LogP contribution in [0.3, 0.4) is 0 Å². The van der Waals surface area contributed by atoms with E-state index in [1.165, 1.54) is 6.33 Å². The third-order valence-corrected chi connectivity index (χ3v) is 9.49. The minimum atomic E-state index is -0.828. The van der Waals surface area contributed by atoms with Crippen LogP contribution in [0, 0.1) is 43.7 Å². The molecule has 2 aliphatic rings. The number of nitro groups is 2. The highest BCUT2D eigenvalue weighted by atomic mass is 35.5. The minimum Gasteiger partial charge on any atom is -0.466 e. The van der Waals surface area contributed by atoms with Gasteiger partial charge < -0.3 is 29.9 Å². The molecule has 0 amide bonds. The normalized spacial score (nSPS) is 14.5. The summed E-state index contributed by atoms with van der Waals surface area (Å²) in [6.07, 6.45) is 4.40. The van der Waals surface area contributed by atoms with E-state index in [1.807, 2.05) is 0 Å². The summed E-state index contributed by atoms with van der Waals surface area (Å²) >= 11 is 12.0. The van der Waals surface area contributed by atoms with E-state index < -0.39 is 27.2 Å². The predicted octanol–water partition coefficient (Wildman–Crippen LogP) is 7.40. The summed E-state index contributed by atoms with van der Waals surface area (Å²) in [5.74, 6) is -2.52. The number of piperidine rings is 2. The van der Waals surface area contributed by atoms with Crippen LogP contribution in [0.25, 0.3) is 0 Å². The number of hydrogen-bond donors (Lipinski definition) is 2. The van der Waals surface area contributed by atoms with Crippen LogP contribution in [0.5, 0.6) is 0 Å². The molecule has 18 nitrogen and oxygen atoms in total. The van der Waals surface area contributed by atoms with Gasteiger partial charge in [-0.2, -0.15) is 0 Å². The Bertz CT molecular complexity index is 1950. The molecule has 2 N–H and O–H groups in total. The van der Waals surface area contributed by atoms with Gasteiger partial charge in [-0.05, 0) is 69.9 Å². The zero-order valence-corrected chi connectivity index (χ0v) is 32.7. The van der Waals surface area contributed by atoms with Gasteiger partial charge in [0.2, 0.25) is 23.3 Å². The molecule has 2 aromatic heterocycles. The Morgan fingerprint density at radius 2 is 1.07 bits per heavy atom. The number of carbonyl (C=O) groups excluding carboxylic acids is 2. The topological polar surface area (TPSA) is 221 Å². The summed E-state index contributed by atoms with van der Waals surface area (Å²) in [5, 5.41) is 29.8. The number of esters is 2. The molecular weight excluding hydrogens is 809 g/mol. The number of nitrogens with zero attached hydrogens (tertiary/aromatic N) is 8. The highest BCUT2D eigenvalue weighted by Crippen LogP contribution is 2.38. The number of rotatable bonds is 12. The fraction of sp³-hybridized carbons (Fsp3) is 0.389. The van der Waals surface area contributed by atoms with Gasteiger partial charge >= 0.3 is 23.3 Å². The van der Waals surface area contributed by atoms with Crippen molar-refractivity contribution in [2.45, 2.75) is 39.5 Å². The number of carbonyl (C=O) groups is 2. The van der Waals surface area contributed by atoms with Crippen molar-refractivity contribution in [1.29, 1.82) is 0 Å². The van der Waals surface area contributed by atoms with Crippen LogP contribution in [0.15, 0.2) is 49.1 Å². The van der Waals surface area contributed by atoms with E-state index >= 15 is 0 Å². The molecule has 4 heterocycles. The number of benzene rings is 2. The molecular formula is C36H38Cl2F2N10O8. The second kappa shape index (κ2) is 19.9. The molecule has 2 fully saturated rings. The Hall–Kier alpha value is -6.02. The summed E-state index contributed by atoms with van der Waals surface area (Å²) in [6, 6.07) is 7.42. The summed E-state index contributed by atoms with van der Waals surface area (Å²) in [4.78, 5) is 65.7. The maximum absolute atomic E-state index is 13.4. The number of ether oxygens (including phenoxy) is 2. The lowest BCUT2D eigenvalue weighted by atomic mass is 9.97. The second-order valence-electron chi connectivity index (χ2n) is 12.9. The van der Waals surface area contributed by atoms with Crippen LogP contribution >= 0.6 is 23.2 Å². The molecule has 0 unspecified atom stereocenters. The van der Waals surface area contributed by atoms with Gasteiger partial charge in [-0.3, -0.25) is 29.8 Å². The van der Waals surface area contributed by atoms with Gasteiger partial charge in [0.1, 0.15) is 24.3 Å². The highest BCUT2D eigenvalue weighted by molar-refractivity contribution is 6.35. The van der Waals surface area contributed by atoms with Crippen molar-refractivity contribution in [2.24, 2.45) is 11.8 Å². The van der Waals surface area contributed by atoms with Gasteiger partial charge in [-0.25, -0.2) is 28.7 Å². The maximum atomic E-state index is 13.4. The molecule has 0 atom stereocenters. The van der Waals surface area contributed by atoms with Crippen LogP contribution < -0.4 is 20.4 Å². The van der Waals surface area contributed by atoms with E-state index in [4.69, 9.17) is 32.7 Å². The molecule has 4 aromatic rings. The zero-order chi connectivity index (χ0) is 41.9. The third-order valence-electron chi connectivity index (χ3n) is 9.05. The SMILES string of the molecule is CCOC(=O)C1CCN(c2ncnc(Nc3cc(Cl)cc(Cl)c3)c2[N+](=O)[O-])CC1.CCOC(=O)C1CCN(c2ncnc(Nc3cc(F)cc(F)c3)c2[N+](=O)[O-])CC1. The van der Waals surface area contributed by atoms with Crippen LogP contribution in [0.4, 0.5) is 54.8 Å². The van der Waals surface area contributed by atoms with Gasteiger partial charge in [0.25, 0.3) is 0 Å². The fourth-order valence-corrected chi connectivity index (χ4v) is 6.95. The van der Waals surface area contributed by atoms with E-state index in [2.05, 4.69) is 30.6 Å². The van der Waals surface area contributed by atoms with Crippen LogP contribution in [0.2, 0.25) is 10.0 Å². The monoisotopic (exact) mass is 846 g/mol. The summed E-state index contributed by atoms with van der Waals surface area (Å²) in [7, 11) is 0. The summed E-state index contributed by atoms with van der Waals surface area (Å²) in [5.41, 5.74) is -0.211. The van der Waals surface area contributed by atoms with Gasteiger partial charge in [-0.15, -0.1) is 0 Å². The van der Waals surface area contributed by atoms with Crippen LogP contribution in [-0.2, 0) is 19.1 Å². The molecule has 2 aliphatic heterocycles. The Morgan fingerprint density at radius 3 is 1.43 bits per heavy atom. The molecule has 0 radical (unpaired) electrons. The number of anilines is 6. The molecule has 0 saturated carbocycles. The largest absolute Gasteiger partial charge is 0.466 e. The molecule has 58 heavy (non-hydrogen) atoms. The first kappa shape index (κ1) is 43.1. The molecule has 0 spiro atoms. The second-order valence-corrected chi connectivity index (χ2v) is 13.8. The number of nitrogens with one attached hydrogen (secondary N) is 2. The standard InChI is InChI=1S/C18H19Cl2N5O4.C18H19F2N5O4/c2*1-2-29-18(26)11-3-5-24(6-4-11)17-15(25(27)28)16(21-10-22-17)23-14-8-12(19)7-13(20)9-14/h2*7-11H,2-6H2,1H3,(H,21,22,23). The number of halogens is 4. The molecule has 2 aromatic carbocycles. The van der Waals surface area contributed by atoms with Crippen molar-refractivity contribution >= 4 is 81.2 Å². The Labute approximate surface area is 340 Å². The van der Waals surface area contributed by atoms with Crippen molar-refractivity contribution in [1.82, 2.24) is 19.9 Å². The van der Waals surface area contributed by atoms with Crippen molar-refractivity contribution in [3.05, 3.63) is 91.0 Å². The smallest absolute Gasteiger partial charge is 0.353 e. The van der Waals surface area contributed by atoms with Crippen molar-refractivity contribution < 1.29 is 37.7 Å². The molecule has 308 valence electrons. The Balaban J connectivity index is 0.000000221. The van der Waals surface area contributed by atoms with Gasteiger partial charge in [0.15, 0.2) is 0 Å². The predicted molar refractivity (Wildman–Crippen MR) is 210 cm³/mol. The first-order valence-electron chi connectivity index (χ1n) is 18.1. The Kier molecular flexibility index (Phi) is 14.8. The number of aromatic nitrogens is 4. The average molecular weight is 848 g/mol. The minimum absolute atomic E-state index is 0.0173. The number of hydrogen-bond acceptors (Lipinski definition) is 16. The maximum Gasteiger partial charge on any atom is 0.353 e. The molecule has 22 heteroatoms. The van der Waals surface area contributed by atoms with Gasteiger partial charge in [0.05, 0.1) is 34.9 Å². The van der Waals surface area contributed by atoms with Crippen molar-refractivity contribution in [2.75, 3.05) is 59.8 Å². The van der Waals surface area contributed by atoms with Crippen LogP contribution in [0.1, 0.15) is 39.5 Å². The zero-order valence-electron chi connectivity index (χ0n) is 31.2. The lowest BCUT2D eigenvalue weighted by molar-refractivity contribution is -0.383. The van der Waals surface area contributed by atoms with E-state index in [0.29, 0.717) is 86.9 Å². The lowest BCUT2D eigenvalue weighted by Gasteiger charge is -2.31. The van der Waals surface area contributed by atoms with E-state index in [0.717, 1.165) is 18.5 Å². The van der Waals surface area contributed by atoms with Crippen molar-refractivity contribution in [3.63, 3.8) is 0 Å². The van der Waals surface area contributed by atoms with Crippen LogP contribution in [-0.4, -0.2) is 81.1 Å². The lowest BCUT2D eigenvalue weighted by Crippen LogP contribution is -2.37. The molecule has 0 bridgehead atoms. The molecule has 0 aliphatic carbocycles. The first-order chi connectivity index (χ1) is 27.8. The van der Waals surface area contributed by atoms with E-state index in [1.54, 1.807) is 41.8 Å². The molecule has 6 rings (SSSR count). The molecule has 2 saturated heterocycles. The van der Waals surface area contributed by atoms with Crippen molar-refractivity contribution in [3.8, 4) is 0 Å². The fourth-order valence-electron chi connectivity index (χ4n) is 6.42. The van der Waals surface area contributed by atoms with E-state index in [-0.39, 0.29) is 58.4 Å². The third kappa shape index (κ3) is 11.1. The first-order valence-corrected chi connectivity index (χ1v) is 18.8. The highest BCUT2D eigenvalue weighted by Gasteiger charge is 2.34. The van der Waals surface area contributed by atoms with E-state index in [9.17, 15) is 38.6 Å². The van der Waals surface area contributed by atoms with Gasteiger partial charge in [-0.1, -0.05) is 23.2 Å². The average Bonchev–Trinajstić information content (AvgIpc) is 3.17. The summed E-state index contributed by atoms with van der Waals surface area (Å²) in [6.45, 7) is 5.76.